The minimum Gasteiger partial charge on any atom is -0.481 e. The molecule has 1 N–H and O–H groups in total. The zero-order valence-electron chi connectivity index (χ0n) is 14.3. The van der Waals surface area contributed by atoms with Crippen molar-refractivity contribution in [1.29, 1.82) is 0 Å². The van der Waals surface area contributed by atoms with Crippen molar-refractivity contribution >= 4 is 17.6 Å². The van der Waals surface area contributed by atoms with E-state index in [4.69, 9.17) is 4.74 Å². The molecule has 3 aliphatic rings. The van der Waals surface area contributed by atoms with Gasteiger partial charge in [0, 0.05) is 5.69 Å². The van der Waals surface area contributed by atoms with Gasteiger partial charge >= 0.3 is 5.97 Å². The highest BCUT2D eigenvalue weighted by Crippen LogP contribution is 2.56. The average molecular weight is 339 g/mol. The highest BCUT2D eigenvalue weighted by molar-refractivity contribution is 6.03. The highest BCUT2D eigenvalue weighted by Gasteiger charge is 2.71. The standard InChI is InChI=1S/C20H21NO4/c1-11(2)10-15-20-9-8-14(25-20)16(19(23)24)17(20)18(22)21(15)13-6-4-12(3)5-7-13/h4-9,14-17H,1,10H2,2-3H3,(H,23,24)/t14-,15+,16+,17+,20-/m1/s1. The molecule has 5 atom stereocenters. The van der Waals surface area contributed by atoms with Crippen molar-refractivity contribution < 1.29 is 19.4 Å². The van der Waals surface area contributed by atoms with E-state index in [1.165, 1.54) is 0 Å². The summed E-state index contributed by atoms with van der Waals surface area (Å²) in [5, 5.41) is 9.66. The van der Waals surface area contributed by atoms with Crippen LogP contribution in [0.25, 0.3) is 0 Å². The number of carboxylic acid groups (broad SMARTS) is 1. The van der Waals surface area contributed by atoms with E-state index in [0.717, 1.165) is 16.8 Å². The Morgan fingerprint density at radius 3 is 2.64 bits per heavy atom. The van der Waals surface area contributed by atoms with Crippen molar-refractivity contribution in [2.45, 2.75) is 38.0 Å². The number of aliphatic carboxylic acids is 1. The van der Waals surface area contributed by atoms with Gasteiger partial charge in [-0.15, -0.1) is 6.58 Å². The second-order valence-corrected chi connectivity index (χ2v) is 7.36. The molecule has 0 aliphatic carbocycles. The lowest BCUT2D eigenvalue weighted by Crippen LogP contribution is -2.45. The maximum Gasteiger partial charge on any atom is 0.310 e. The number of aryl methyl sites for hydroxylation is 1. The summed E-state index contributed by atoms with van der Waals surface area (Å²) in [6.45, 7) is 7.91. The van der Waals surface area contributed by atoms with E-state index in [2.05, 4.69) is 6.58 Å². The minimum atomic E-state index is -0.977. The van der Waals surface area contributed by atoms with Crippen LogP contribution < -0.4 is 4.90 Å². The van der Waals surface area contributed by atoms with Crippen LogP contribution in [0, 0.1) is 18.8 Å². The first kappa shape index (κ1) is 16.1. The van der Waals surface area contributed by atoms with Crippen LogP contribution in [0.15, 0.2) is 48.6 Å². The van der Waals surface area contributed by atoms with E-state index in [1.54, 1.807) is 11.0 Å². The fourth-order valence-corrected chi connectivity index (χ4v) is 4.53. The Morgan fingerprint density at radius 1 is 1.36 bits per heavy atom. The van der Waals surface area contributed by atoms with Gasteiger partial charge in [0.25, 0.3) is 0 Å². The number of amides is 1. The summed E-state index contributed by atoms with van der Waals surface area (Å²) in [5.41, 5.74) is 1.93. The molecule has 1 aromatic carbocycles. The smallest absolute Gasteiger partial charge is 0.310 e. The third-order valence-electron chi connectivity index (χ3n) is 5.56. The fraction of sp³-hybridized carbons (Fsp3) is 0.400. The number of carboxylic acids is 1. The molecule has 0 aromatic heterocycles. The summed E-state index contributed by atoms with van der Waals surface area (Å²) >= 11 is 0. The molecular weight excluding hydrogens is 318 g/mol. The van der Waals surface area contributed by atoms with Crippen molar-refractivity contribution in [3.8, 4) is 0 Å². The number of ether oxygens (including phenoxy) is 1. The third kappa shape index (κ3) is 2.12. The van der Waals surface area contributed by atoms with E-state index < -0.39 is 29.5 Å². The summed E-state index contributed by atoms with van der Waals surface area (Å²) in [6, 6.07) is 7.44. The zero-order chi connectivity index (χ0) is 17.9. The SMILES string of the molecule is C=C(C)C[C@@H]1N(c2ccc(C)cc2)C(=O)[C@@H]2[C@@H](C(=O)O)[C@H]3C=C[C@]21O3. The van der Waals surface area contributed by atoms with E-state index in [0.29, 0.717) is 6.42 Å². The molecule has 3 aliphatic heterocycles. The first-order valence-electron chi connectivity index (χ1n) is 8.49. The lowest BCUT2D eigenvalue weighted by Gasteiger charge is -2.33. The van der Waals surface area contributed by atoms with Crippen LogP contribution >= 0.6 is 0 Å². The summed E-state index contributed by atoms with van der Waals surface area (Å²) in [7, 11) is 0. The van der Waals surface area contributed by atoms with Crippen LogP contribution in [0.4, 0.5) is 5.69 Å². The van der Waals surface area contributed by atoms with Crippen LogP contribution in [0.5, 0.6) is 0 Å². The van der Waals surface area contributed by atoms with Gasteiger partial charge in [-0.3, -0.25) is 9.59 Å². The maximum absolute atomic E-state index is 13.3. The molecule has 3 heterocycles. The van der Waals surface area contributed by atoms with Crippen molar-refractivity contribution in [3.63, 3.8) is 0 Å². The molecule has 0 saturated carbocycles. The molecule has 1 aromatic rings. The largest absolute Gasteiger partial charge is 0.481 e. The lowest BCUT2D eigenvalue weighted by atomic mass is 9.74. The van der Waals surface area contributed by atoms with Crippen LogP contribution in [0.3, 0.4) is 0 Å². The third-order valence-corrected chi connectivity index (χ3v) is 5.56. The van der Waals surface area contributed by atoms with Gasteiger partial charge in [0.15, 0.2) is 0 Å². The first-order valence-corrected chi connectivity index (χ1v) is 8.49. The van der Waals surface area contributed by atoms with Gasteiger partial charge < -0.3 is 14.7 Å². The van der Waals surface area contributed by atoms with E-state index in [1.807, 2.05) is 44.2 Å². The average Bonchev–Trinajstić information content (AvgIpc) is 3.18. The second-order valence-electron chi connectivity index (χ2n) is 7.36. The minimum absolute atomic E-state index is 0.172. The molecule has 0 unspecified atom stereocenters. The Balaban J connectivity index is 1.84. The number of fused-ring (bicyclic) bond motifs is 1. The summed E-state index contributed by atoms with van der Waals surface area (Å²) < 4.78 is 6.12. The van der Waals surface area contributed by atoms with Gasteiger partial charge in [-0.1, -0.05) is 35.4 Å². The number of nitrogens with zero attached hydrogens (tertiary/aromatic N) is 1. The molecule has 5 nitrogen and oxygen atoms in total. The number of carbonyl (C=O) groups is 2. The molecule has 1 spiro atoms. The van der Waals surface area contributed by atoms with E-state index in [-0.39, 0.29) is 11.9 Å². The van der Waals surface area contributed by atoms with Gasteiger partial charge in [-0.05, 0) is 32.4 Å². The Bertz CT molecular complexity index is 796. The number of hydrogen-bond acceptors (Lipinski definition) is 3. The van der Waals surface area contributed by atoms with Crippen molar-refractivity contribution in [1.82, 2.24) is 0 Å². The van der Waals surface area contributed by atoms with E-state index >= 15 is 0 Å². The van der Waals surface area contributed by atoms with Crippen LogP contribution in [0.1, 0.15) is 18.9 Å². The quantitative estimate of drug-likeness (QED) is 0.857. The highest BCUT2D eigenvalue weighted by atomic mass is 16.5. The fourth-order valence-electron chi connectivity index (χ4n) is 4.53. The molecule has 0 radical (unpaired) electrons. The molecule has 5 heteroatoms. The lowest BCUT2D eigenvalue weighted by molar-refractivity contribution is -0.146. The Morgan fingerprint density at radius 2 is 2.04 bits per heavy atom. The number of carbonyl (C=O) groups excluding carboxylic acids is 1. The zero-order valence-corrected chi connectivity index (χ0v) is 14.3. The molecule has 2 saturated heterocycles. The topological polar surface area (TPSA) is 66.8 Å². The molecule has 2 bridgehead atoms. The summed E-state index contributed by atoms with van der Waals surface area (Å²) in [5.74, 6) is -2.67. The Kier molecular flexibility index (Phi) is 3.41. The Labute approximate surface area is 146 Å². The summed E-state index contributed by atoms with van der Waals surface area (Å²) in [6.07, 6.45) is 3.74. The van der Waals surface area contributed by atoms with Gasteiger partial charge in [-0.25, -0.2) is 0 Å². The predicted molar refractivity (Wildman–Crippen MR) is 93.2 cm³/mol. The monoisotopic (exact) mass is 339 g/mol. The van der Waals surface area contributed by atoms with Crippen molar-refractivity contribution in [2.75, 3.05) is 4.90 Å². The number of hydrogen-bond donors (Lipinski definition) is 1. The van der Waals surface area contributed by atoms with Gasteiger partial charge in [0.1, 0.15) is 11.5 Å². The van der Waals surface area contributed by atoms with Crippen molar-refractivity contribution in [3.05, 3.63) is 54.1 Å². The molecule has 130 valence electrons. The number of rotatable bonds is 4. The maximum atomic E-state index is 13.3. The van der Waals surface area contributed by atoms with Crippen molar-refractivity contribution in [2.24, 2.45) is 11.8 Å². The molecule has 1 amide bonds. The molecule has 2 fully saturated rings. The summed E-state index contributed by atoms with van der Waals surface area (Å²) in [4.78, 5) is 26.8. The van der Waals surface area contributed by atoms with Crippen LogP contribution in [-0.4, -0.2) is 34.7 Å². The Hall–Kier alpha value is -2.40. The molecule has 25 heavy (non-hydrogen) atoms. The molecular formula is C20H21NO4. The predicted octanol–water partition coefficient (Wildman–Crippen LogP) is 2.70. The number of benzene rings is 1. The second kappa shape index (κ2) is 5.30. The van der Waals surface area contributed by atoms with Crippen LogP contribution in [0.2, 0.25) is 0 Å². The first-order chi connectivity index (χ1) is 11.8. The number of anilines is 1. The van der Waals surface area contributed by atoms with Gasteiger partial charge in [-0.2, -0.15) is 0 Å². The molecule has 4 rings (SSSR count). The van der Waals surface area contributed by atoms with Gasteiger partial charge in [0.2, 0.25) is 5.91 Å². The normalized spacial score (nSPS) is 35.3. The van der Waals surface area contributed by atoms with Crippen LogP contribution in [-0.2, 0) is 14.3 Å². The van der Waals surface area contributed by atoms with Gasteiger partial charge in [0.05, 0.1) is 18.1 Å². The van der Waals surface area contributed by atoms with E-state index in [9.17, 15) is 14.7 Å².